The molecule has 0 heterocycles. The summed E-state index contributed by atoms with van der Waals surface area (Å²) in [6, 6.07) is 11.4. The van der Waals surface area contributed by atoms with Crippen LogP contribution in [-0.4, -0.2) is 24.4 Å². The largest absolute Gasteiger partial charge is 0.344 e. The lowest BCUT2D eigenvalue weighted by Gasteiger charge is -2.20. The van der Waals surface area contributed by atoms with Gasteiger partial charge in [0.15, 0.2) is 0 Å². The van der Waals surface area contributed by atoms with Crippen LogP contribution < -0.4 is 5.73 Å². The molecule has 1 aromatic carbocycles. The third-order valence-corrected chi connectivity index (χ3v) is 2.82. The maximum absolute atomic E-state index is 11.9. The molecule has 0 bridgehead atoms. The third kappa shape index (κ3) is 4.19. The highest BCUT2D eigenvalue weighted by atomic mass is 16.2. The third-order valence-electron chi connectivity index (χ3n) is 2.82. The smallest absolute Gasteiger partial charge is 0.224 e. The lowest BCUT2D eigenvalue weighted by Crippen LogP contribution is -2.32. The molecule has 2 atom stereocenters. The van der Waals surface area contributed by atoms with Gasteiger partial charge in [0.1, 0.15) is 0 Å². The van der Waals surface area contributed by atoms with Gasteiger partial charge < -0.3 is 10.6 Å². The van der Waals surface area contributed by atoms with Gasteiger partial charge >= 0.3 is 0 Å². The molecule has 2 N–H and O–H groups in total. The highest BCUT2D eigenvalue weighted by molar-refractivity contribution is 5.76. The van der Waals surface area contributed by atoms with E-state index >= 15 is 0 Å². The zero-order valence-electron chi connectivity index (χ0n) is 10.8. The summed E-state index contributed by atoms with van der Waals surface area (Å²) in [6.45, 7) is 2.23. The molecule has 1 aromatic rings. The quantitative estimate of drug-likeness (QED) is 0.858. The van der Waals surface area contributed by atoms with Crippen molar-refractivity contribution in [3.8, 4) is 6.07 Å². The fourth-order valence-electron chi connectivity index (χ4n) is 1.72. The van der Waals surface area contributed by atoms with Gasteiger partial charge in [0.25, 0.3) is 0 Å². The average Bonchev–Trinajstić information content (AvgIpc) is 2.39. The highest BCUT2D eigenvalue weighted by Gasteiger charge is 2.16. The summed E-state index contributed by atoms with van der Waals surface area (Å²) >= 11 is 0. The number of amides is 1. The predicted octanol–water partition coefficient (Wildman–Crippen LogP) is 1.69. The summed E-state index contributed by atoms with van der Waals surface area (Å²) < 4.78 is 0. The van der Waals surface area contributed by atoms with E-state index in [0.29, 0.717) is 6.54 Å². The van der Waals surface area contributed by atoms with Gasteiger partial charge in [0, 0.05) is 26.1 Å². The van der Waals surface area contributed by atoms with Crippen molar-refractivity contribution in [1.82, 2.24) is 4.90 Å². The second kappa shape index (κ2) is 6.77. The maximum Gasteiger partial charge on any atom is 0.224 e. The first-order valence-electron chi connectivity index (χ1n) is 5.98. The summed E-state index contributed by atoms with van der Waals surface area (Å²) in [5.74, 6) is -0.194. The van der Waals surface area contributed by atoms with Gasteiger partial charge in [-0.3, -0.25) is 4.79 Å². The second-order valence-corrected chi connectivity index (χ2v) is 4.53. The van der Waals surface area contributed by atoms with E-state index in [1.165, 1.54) is 0 Å². The fourth-order valence-corrected chi connectivity index (χ4v) is 1.72. The Morgan fingerprint density at radius 2 is 2.06 bits per heavy atom. The Balaban J connectivity index is 2.52. The lowest BCUT2D eigenvalue weighted by atomic mass is 10.0. The van der Waals surface area contributed by atoms with Crippen LogP contribution in [0.3, 0.4) is 0 Å². The Kier molecular flexibility index (Phi) is 5.34. The van der Waals surface area contributed by atoms with Crippen LogP contribution in [-0.2, 0) is 4.79 Å². The van der Waals surface area contributed by atoms with Crippen LogP contribution in [0.15, 0.2) is 30.3 Å². The second-order valence-electron chi connectivity index (χ2n) is 4.53. The molecule has 0 aromatic heterocycles. The van der Waals surface area contributed by atoms with E-state index in [2.05, 4.69) is 6.07 Å². The molecule has 4 heteroatoms. The molecule has 1 rings (SSSR count). The first-order valence-corrected chi connectivity index (χ1v) is 5.98. The van der Waals surface area contributed by atoms with Gasteiger partial charge in [-0.05, 0) is 12.5 Å². The Bertz CT molecular complexity index is 424. The summed E-state index contributed by atoms with van der Waals surface area (Å²) in [6.07, 6.45) is 0.263. The first-order chi connectivity index (χ1) is 8.54. The van der Waals surface area contributed by atoms with Gasteiger partial charge in [-0.1, -0.05) is 30.3 Å². The van der Waals surface area contributed by atoms with Crippen LogP contribution >= 0.6 is 0 Å². The molecule has 0 aliphatic heterocycles. The molecule has 18 heavy (non-hydrogen) atoms. The van der Waals surface area contributed by atoms with E-state index in [-0.39, 0.29) is 24.3 Å². The molecule has 4 nitrogen and oxygen atoms in total. The van der Waals surface area contributed by atoms with Crippen molar-refractivity contribution in [3.63, 3.8) is 0 Å². The molecule has 1 amide bonds. The normalized spacial score (nSPS) is 13.4. The van der Waals surface area contributed by atoms with Gasteiger partial charge in [-0.2, -0.15) is 5.26 Å². The van der Waals surface area contributed by atoms with Crippen molar-refractivity contribution in [2.45, 2.75) is 19.4 Å². The number of benzene rings is 1. The number of nitriles is 1. The number of carbonyl (C=O) groups excluding carboxylic acids is 1. The molecular formula is C14H19N3O. The molecule has 96 valence electrons. The van der Waals surface area contributed by atoms with Crippen molar-refractivity contribution in [3.05, 3.63) is 35.9 Å². The molecule has 0 spiro atoms. The molecule has 0 saturated heterocycles. The van der Waals surface area contributed by atoms with E-state index in [4.69, 9.17) is 11.0 Å². The van der Waals surface area contributed by atoms with E-state index < -0.39 is 0 Å². The predicted molar refractivity (Wildman–Crippen MR) is 70.4 cm³/mol. The number of nitrogens with zero attached hydrogens (tertiary/aromatic N) is 2. The Morgan fingerprint density at radius 3 is 2.61 bits per heavy atom. The minimum atomic E-state index is -0.293. The summed E-state index contributed by atoms with van der Waals surface area (Å²) in [5, 5.41) is 8.71. The van der Waals surface area contributed by atoms with Crippen molar-refractivity contribution >= 4 is 5.91 Å². The zero-order chi connectivity index (χ0) is 13.5. The number of hydrogen-bond acceptors (Lipinski definition) is 3. The number of nitrogens with two attached hydrogens (primary N) is 1. The van der Waals surface area contributed by atoms with E-state index in [9.17, 15) is 4.79 Å². The van der Waals surface area contributed by atoms with E-state index in [1.54, 1.807) is 18.9 Å². The van der Waals surface area contributed by atoms with Crippen molar-refractivity contribution in [1.29, 1.82) is 5.26 Å². The van der Waals surface area contributed by atoms with E-state index in [0.717, 1.165) is 5.56 Å². The zero-order valence-corrected chi connectivity index (χ0v) is 10.8. The van der Waals surface area contributed by atoms with Crippen LogP contribution in [0.5, 0.6) is 0 Å². The highest BCUT2D eigenvalue weighted by Crippen LogP contribution is 2.14. The van der Waals surface area contributed by atoms with Crippen LogP contribution in [0.4, 0.5) is 0 Å². The number of carbonyl (C=O) groups is 1. The van der Waals surface area contributed by atoms with Gasteiger partial charge in [0.2, 0.25) is 5.91 Å². The molecule has 0 saturated carbocycles. The van der Waals surface area contributed by atoms with Crippen LogP contribution in [0.25, 0.3) is 0 Å². The molecular weight excluding hydrogens is 226 g/mol. The first kappa shape index (κ1) is 14.2. The van der Waals surface area contributed by atoms with Crippen LogP contribution in [0.1, 0.15) is 24.9 Å². The van der Waals surface area contributed by atoms with Crippen molar-refractivity contribution < 1.29 is 4.79 Å². The Hall–Kier alpha value is -1.86. The summed E-state index contributed by atoms with van der Waals surface area (Å²) in [7, 11) is 1.70. The Morgan fingerprint density at radius 1 is 1.44 bits per heavy atom. The fraction of sp³-hybridized carbons (Fsp3) is 0.429. The molecule has 0 radical (unpaired) electrons. The van der Waals surface area contributed by atoms with Gasteiger partial charge in [0.05, 0.1) is 12.0 Å². The SMILES string of the molecule is CC(C#N)CN(C)C(=O)CC(N)c1ccccc1. The van der Waals surface area contributed by atoms with Crippen LogP contribution in [0, 0.1) is 17.2 Å². The summed E-state index contributed by atoms with van der Waals surface area (Å²) in [5.41, 5.74) is 6.94. The number of hydrogen-bond donors (Lipinski definition) is 1. The number of rotatable bonds is 5. The minimum absolute atomic E-state index is 0.0338. The van der Waals surface area contributed by atoms with Crippen LogP contribution in [0.2, 0.25) is 0 Å². The van der Waals surface area contributed by atoms with Gasteiger partial charge in [-0.15, -0.1) is 0 Å². The minimum Gasteiger partial charge on any atom is -0.344 e. The topological polar surface area (TPSA) is 70.1 Å². The standard InChI is InChI=1S/C14H19N3O/c1-11(9-15)10-17(2)14(18)8-13(16)12-6-4-3-5-7-12/h3-7,11,13H,8,10,16H2,1-2H3. The van der Waals surface area contributed by atoms with Crippen molar-refractivity contribution in [2.75, 3.05) is 13.6 Å². The van der Waals surface area contributed by atoms with Gasteiger partial charge in [-0.25, -0.2) is 0 Å². The monoisotopic (exact) mass is 245 g/mol. The molecule has 0 fully saturated rings. The lowest BCUT2D eigenvalue weighted by molar-refractivity contribution is -0.130. The Labute approximate surface area is 108 Å². The van der Waals surface area contributed by atoms with E-state index in [1.807, 2.05) is 30.3 Å². The summed E-state index contributed by atoms with van der Waals surface area (Å²) in [4.78, 5) is 13.5. The average molecular weight is 245 g/mol. The maximum atomic E-state index is 11.9. The van der Waals surface area contributed by atoms with Crippen molar-refractivity contribution in [2.24, 2.45) is 11.7 Å². The molecule has 0 aliphatic carbocycles. The molecule has 2 unspecified atom stereocenters. The molecule has 0 aliphatic rings.